The Hall–Kier alpha value is -3.47. The van der Waals surface area contributed by atoms with E-state index in [2.05, 4.69) is 16.5 Å². The van der Waals surface area contributed by atoms with E-state index >= 15 is 0 Å². The Kier molecular flexibility index (Phi) is 3.54. The van der Waals surface area contributed by atoms with Crippen LogP contribution in [0, 0.1) is 0 Å². The van der Waals surface area contributed by atoms with Gasteiger partial charge in [-0.1, -0.05) is 36.4 Å². The van der Waals surface area contributed by atoms with E-state index in [1.807, 2.05) is 18.2 Å². The quantitative estimate of drug-likeness (QED) is 0.461. The first-order valence-electron chi connectivity index (χ1n) is 7.83. The molecule has 122 valence electrons. The van der Waals surface area contributed by atoms with Crippen LogP contribution in [0.4, 0.5) is 0 Å². The van der Waals surface area contributed by atoms with Crippen molar-refractivity contribution in [1.82, 2.24) is 9.97 Å². The summed E-state index contributed by atoms with van der Waals surface area (Å²) in [5.74, 6) is 0.202. The number of hydrogen-bond acceptors (Lipinski definition) is 4. The molecule has 2 heterocycles. The average Bonchev–Trinajstić information content (AvgIpc) is 2.62. The lowest BCUT2D eigenvalue weighted by Gasteiger charge is -2.06. The Morgan fingerprint density at radius 3 is 2.80 bits per heavy atom. The van der Waals surface area contributed by atoms with Crippen LogP contribution in [-0.2, 0) is 6.42 Å². The highest BCUT2D eigenvalue weighted by Crippen LogP contribution is 2.22. The molecule has 2 aromatic heterocycles. The zero-order chi connectivity index (χ0) is 17.4. The number of allylic oxidation sites excluding steroid dienone is 1. The summed E-state index contributed by atoms with van der Waals surface area (Å²) in [6.45, 7) is 3.72. The van der Waals surface area contributed by atoms with Crippen LogP contribution in [0.1, 0.15) is 5.56 Å². The molecule has 0 fully saturated rings. The SMILES string of the molecule is C=CCc1cccc2cc(-c3nc4ccccc4c(=O)[nH]3)c(=O)oc12. The third-order valence-corrected chi connectivity index (χ3v) is 4.07. The number of hydrogen-bond donors (Lipinski definition) is 1. The van der Waals surface area contributed by atoms with Crippen molar-refractivity contribution >= 4 is 21.9 Å². The van der Waals surface area contributed by atoms with Crippen molar-refractivity contribution in [1.29, 1.82) is 0 Å². The van der Waals surface area contributed by atoms with Gasteiger partial charge in [-0.2, -0.15) is 0 Å². The van der Waals surface area contributed by atoms with Crippen LogP contribution >= 0.6 is 0 Å². The molecule has 0 unspecified atom stereocenters. The van der Waals surface area contributed by atoms with Gasteiger partial charge in [0.2, 0.25) is 0 Å². The van der Waals surface area contributed by atoms with E-state index in [4.69, 9.17) is 4.42 Å². The molecule has 0 aliphatic carbocycles. The maximum atomic E-state index is 12.5. The van der Waals surface area contributed by atoms with E-state index in [1.54, 1.807) is 36.4 Å². The van der Waals surface area contributed by atoms with Gasteiger partial charge in [0.05, 0.1) is 10.9 Å². The molecule has 2 aromatic carbocycles. The number of nitrogens with zero attached hydrogens (tertiary/aromatic N) is 1. The molecule has 0 saturated carbocycles. The molecule has 0 saturated heterocycles. The highest BCUT2D eigenvalue weighted by molar-refractivity contribution is 5.84. The number of rotatable bonds is 3. The van der Waals surface area contributed by atoms with Gasteiger partial charge < -0.3 is 9.40 Å². The van der Waals surface area contributed by atoms with E-state index in [-0.39, 0.29) is 16.9 Å². The molecule has 0 amide bonds. The lowest BCUT2D eigenvalue weighted by Crippen LogP contribution is -2.13. The van der Waals surface area contributed by atoms with Gasteiger partial charge in [-0.05, 0) is 30.2 Å². The molecule has 1 N–H and O–H groups in total. The van der Waals surface area contributed by atoms with Crippen LogP contribution in [-0.4, -0.2) is 9.97 Å². The molecule has 0 spiro atoms. The highest BCUT2D eigenvalue weighted by atomic mass is 16.4. The van der Waals surface area contributed by atoms with E-state index < -0.39 is 5.63 Å². The fourth-order valence-electron chi connectivity index (χ4n) is 2.90. The average molecular weight is 330 g/mol. The van der Waals surface area contributed by atoms with Crippen LogP contribution in [0.15, 0.2) is 75.2 Å². The first kappa shape index (κ1) is 15.1. The predicted octanol–water partition coefficient (Wildman–Crippen LogP) is 3.43. The van der Waals surface area contributed by atoms with Crippen molar-refractivity contribution in [3.05, 3.63) is 87.5 Å². The minimum atomic E-state index is -0.539. The summed E-state index contributed by atoms with van der Waals surface area (Å²) in [5.41, 5.74) is 1.34. The Morgan fingerprint density at radius 2 is 1.96 bits per heavy atom. The third-order valence-electron chi connectivity index (χ3n) is 4.07. The smallest absolute Gasteiger partial charge is 0.347 e. The highest BCUT2D eigenvalue weighted by Gasteiger charge is 2.13. The van der Waals surface area contributed by atoms with Crippen LogP contribution in [0.3, 0.4) is 0 Å². The number of H-pyrrole nitrogens is 1. The first-order chi connectivity index (χ1) is 12.2. The van der Waals surface area contributed by atoms with Gasteiger partial charge in [0.25, 0.3) is 5.56 Å². The molecular weight excluding hydrogens is 316 g/mol. The summed E-state index contributed by atoms with van der Waals surface area (Å²) < 4.78 is 5.52. The topological polar surface area (TPSA) is 76.0 Å². The van der Waals surface area contributed by atoms with Crippen molar-refractivity contribution in [2.45, 2.75) is 6.42 Å². The second-order valence-electron chi connectivity index (χ2n) is 5.71. The minimum Gasteiger partial charge on any atom is -0.422 e. The van der Waals surface area contributed by atoms with Gasteiger partial charge in [0.1, 0.15) is 17.0 Å². The maximum absolute atomic E-state index is 12.5. The van der Waals surface area contributed by atoms with Gasteiger partial charge >= 0.3 is 5.63 Å². The number of aromatic nitrogens is 2. The summed E-state index contributed by atoms with van der Waals surface area (Å²) in [7, 11) is 0. The van der Waals surface area contributed by atoms with Gasteiger partial charge in [0, 0.05) is 5.39 Å². The summed E-state index contributed by atoms with van der Waals surface area (Å²) in [6.07, 6.45) is 2.36. The fraction of sp³-hybridized carbons (Fsp3) is 0.0500. The molecule has 5 nitrogen and oxygen atoms in total. The molecule has 4 aromatic rings. The summed E-state index contributed by atoms with van der Waals surface area (Å²) in [5, 5.41) is 1.24. The monoisotopic (exact) mass is 330 g/mol. The van der Waals surface area contributed by atoms with Gasteiger partial charge in [-0.25, -0.2) is 9.78 Å². The maximum Gasteiger partial charge on any atom is 0.347 e. The Labute approximate surface area is 142 Å². The zero-order valence-electron chi connectivity index (χ0n) is 13.3. The second-order valence-corrected chi connectivity index (χ2v) is 5.71. The summed E-state index contributed by atoms with van der Waals surface area (Å²) in [4.78, 5) is 31.8. The van der Waals surface area contributed by atoms with Gasteiger partial charge in [0.15, 0.2) is 0 Å². The molecule has 0 bridgehead atoms. The molecule has 0 aliphatic rings. The lowest BCUT2D eigenvalue weighted by molar-refractivity contribution is 0.559. The Bertz CT molecular complexity index is 1240. The molecule has 4 rings (SSSR count). The van der Waals surface area contributed by atoms with Crippen LogP contribution in [0.25, 0.3) is 33.3 Å². The largest absolute Gasteiger partial charge is 0.422 e. The zero-order valence-corrected chi connectivity index (χ0v) is 13.3. The van der Waals surface area contributed by atoms with Crippen LogP contribution < -0.4 is 11.2 Å². The first-order valence-corrected chi connectivity index (χ1v) is 7.83. The normalized spacial score (nSPS) is 11.0. The summed E-state index contributed by atoms with van der Waals surface area (Å²) in [6, 6.07) is 14.3. The van der Waals surface area contributed by atoms with Gasteiger partial charge in [-0.3, -0.25) is 4.79 Å². The fourth-order valence-corrected chi connectivity index (χ4v) is 2.90. The number of benzene rings is 2. The Balaban J connectivity index is 1.99. The Morgan fingerprint density at radius 1 is 1.12 bits per heavy atom. The van der Waals surface area contributed by atoms with E-state index in [9.17, 15) is 9.59 Å². The van der Waals surface area contributed by atoms with E-state index in [0.717, 1.165) is 10.9 Å². The summed E-state index contributed by atoms with van der Waals surface area (Å²) >= 11 is 0. The second kappa shape index (κ2) is 5.87. The van der Waals surface area contributed by atoms with Crippen LogP contribution in [0.2, 0.25) is 0 Å². The van der Waals surface area contributed by atoms with Crippen LogP contribution in [0.5, 0.6) is 0 Å². The van der Waals surface area contributed by atoms with Gasteiger partial charge in [-0.15, -0.1) is 6.58 Å². The lowest BCUT2D eigenvalue weighted by atomic mass is 10.1. The number of aromatic amines is 1. The van der Waals surface area contributed by atoms with Crippen molar-refractivity contribution in [3.8, 4) is 11.4 Å². The van der Waals surface area contributed by atoms with Crippen molar-refractivity contribution < 1.29 is 4.42 Å². The third kappa shape index (κ3) is 2.55. The molecule has 25 heavy (non-hydrogen) atoms. The number of fused-ring (bicyclic) bond motifs is 2. The predicted molar refractivity (Wildman–Crippen MR) is 97.7 cm³/mol. The molecule has 0 radical (unpaired) electrons. The van der Waals surface area contributed by atoms with E-state index in [1.165, 1.54) is 0 Å². The molecule has 0 aliphatic heterocycles. The van der Waals surface area contributed by atoms with E-state index in [0.29, 0.717) is 22.9 Å². The molecule has 0 atom stereocenters. The molecule has 5 heteroatoms. The minimum absolute atomic E-state index is 0.202. The number of nitrogens with one attached hydrogen (secondary N) is 1. The molecular formula is C20H14N2O3. The standard InChI is InChI=1S/C20H14N2O3/c1-2-6-12-7-5-8-13-11-15(20(24)25-17(12)13)18-21-16-10-4-3-9-14(16)19(23)22-18/h2-5,7-11H,1,6H2,(H,21,22,23). The van der Waals surface area contributed by atoms with Crippen molar-refractivity contribution in [3.63, 3.8) is 0 Å². The van der Waals surface area contributed by atoms with Crippen molar-refractivity contribution in [2.75, 3.05) is 0 Å². The number of para-hydroxylation sites is 2. The van der Waals surface area contributed by atoms with Crippen molar-refractivity contribution in [2.24, 2.45) is 0 Å².